The van der Waals surface area contributed by atoms with Crippen molar-refractivity contribution < 1.29 is 22.7 Å². The minimum atomic E-state index is -4.23. The second kappa shape index (κ2) is 9.99. The van der Waals surface area contributed by atoms with Crippen molar-refractivity contribution in [1.82, 2.24) is 19.9 Å². The highest BCUT2D eigenvalue weighted by molar-refractivity contribution is 6.35. The predicted octanol–water partition coefficient (Wildman–Crippen LogP) is 6.20. The number of aryl methyl sites for hydroxylation is 1. The normalized spacial score (nSPS) is 12.7. The first-order chi connectivity index (χ1) is 15.4. The number of amides is 1. The third-order valence-electron chi connectivity index (χ3n) is 4.70. The molecule has 0 fully saturated rings. The fraction of sp³-hybridized carbons (Fsp3) is 0.435. The number of alkyl halides is 3. The number of carbonyl (C=O) groups is 1. The van der Waals surface area contributed by atoms with Crippen LogP contribution in [0.5, 0.6) is 0 Å². The zero-order valence-corrected chi connectivity index (χ0v) is 19.4. The van der Waals surface area contributed by atoms with Crippen LogP contribution in [0.25, 0.3) is 21.9 Å². The molecule has 6 nitrogen and oxygen atoms in total. The Hall–Kier alpha value is -2.81. The molecule has 0 bridgehead atoms. The number of halogens is 4. The van der Waals surface area contributed by atoms with E-state index in [1.165, 1.54) is 0 Å². The molecule has 0 saturated carbocycles. The minimum Gasteiger partial charge on any atom is -0.444 e. The molecule has 1 N–H and O–H groups in total. The van der Waals surface area contributed by atoms with E-state index in [0.717, 1.165) is 10.9 Å². The van der Waals surface area contributed by atoms with Crippen LogP contribution in [-0.2, 0) is 17.7 Å². The van der Waals surface area contributed by atoms with Crippen LogP contribution < -0.4 is 5.32 Å². The molecule has 0 unspecified atom stereocenters. The molecule has 10 heteroatoms. The third-order valence-corrected chi connectivity index (χ3v) is 4.96. The number of imidazole rings is 1. The van der Waals surface area contributed by atoms with Crippen molar-refractivity contribution >= 4 is 39.6 Å². The molecule has 0 aliphatic carbocycles. The Labute approximate surface area is 194 Å². The SMILES string of the molecule is CC(C)(C)OC(=O)NC/C=C/Cn1c(CCCC(F)(F)F)nc2c(Cl)nc3ccccc3c21. The lowest BCUT2D eigenvalue weighted by molar-refractivity contribution is -0.135. The van der Waals surface area contributed by atoms with Crippen LogP contribution >= 0.6 is 11.6 Å². The molecular weight excluding hydrogens is 457 g/mol. The second-order valence-electron chi connectivity index (χ2n) is 8.58. The maximum Gasteiger partial charge on any atom is 0.407 e. The highest BCUT2D eigenvalue weighted by atomic mass is 35.5. The smallest absolute Gasteiger partial charge is 0.407 e. The highest BCUT2D eigenvalue weighted by Gasteiger charge is 2.27. The number of benzene rings is 1. The Bertz CT molecular complexity index is 1170. The lowest BCUT2D eigenvalue weighted by atomic mass is 10.2. The van der Waals surface area contributed by atoms with Crippen molar-refractivity contribution in [3.8, 4) is 0 Å². The fourth-order valence-electron chi connectivity index (χ4n) is 3.40. The van der Waals surface area contributed by atoms with Crippen molar-refractivity contribution in [2.45, 2.75) is 58.4 Å². The number of hydrogen-bond acceptors (Lipinski definition) is 4. The Morgan fingerprint density at radius 2 is 1.91 bits per heavy atom. The molecule has 0 atom stereocenters. The molecule has 0 aliphatic heterocycles. The second-order valence-corrected chi connectivity index (χ2v) is 8.94. The van der Waals surface area contributed by atoms with Crippen molar-refractivity contribution in [1.29, 1.82) is 0 Å². The number of alkyl carbamates (subject to hydrolysis) is 1. The summed E-state index contributed by atoms with van der Waals surface area (Å²) in [5.74, 6) is 0.499. The number of aromatic nitrogens is 3. The van der Waals surface area contributed by atoms with Crippen molar-refractivity contribution in [2.75, 3.05) is 6.54 Å². The van der Waals surface area contributed by atoms with Gasteiger partial charge in [0.1, 0.15) is 16.9 Å². The van der Waals surface area contributed by atoms with Gasteiger partial charge in [-0.1, -0.05) is 42.0 Å². The van der Waals surface area contributed by atoms with Gasteiger partial charge >= 0.3 is 12.3 Å². The zero-order valence-electron chi connectivity index (χ0n) is 18.7. The molecule has 0 aliphatic rings. The molecular formula is C23H26ClF3N4O2. The van der Waals surface area contributed by atoms with Gasteiger partial charge in [-0.2, -0.15) is 13.2 Å². The van der Waals surface area contributed by atoms with E-state index in [-0.39, 0.29) is 24.5 Å². The van der Waals surface area contributed by atoms with Gasteiger partial charge in [0.15, 0.2) is 5.15 Å². The van der Waals surface area contributed by atoms with E-state index < -0.39 is 24.3 Å². The summed E-state index contributed by atoms with van der Waals surface area (Å²) in [5, 5.41) is 3.65. The van der Waals surface area contributed by atoms with Gasteiger partial charge in [-0.05, 0) is 33.3 Å². The van der Waals surface area contributed by atoms with Gasteiger partial charge < -0.3 is 14.6 Å². The molecule has 1 amide bonds. The summed E-state index contributed by atoms with van der Waals surface area (Å²) in [4.78, 5) is 20.7. The minimum absolute atomic E-state index is 0.0836. The topological polar surface area (TPSA) is 69.0 Å². The van der Waals surface area contributed by atoms with E-state index in [9.17, 15) is 18.0 Å². The van der Waals surface area contributed by atoms with Gasteiger partial charge in [-0.3, -0.25) is 0 Å². The summed E-state index contributed by atoms with van der Waals surface area (Å²) in [7, 11) is 0. The zero-order chi connectivity index (χ0) is 24.2. The molecule has 2 heterocycles. The summed E-state index contributed by atoms with van der Waals surface area (Å²) < 4.78 is 45.1. The van der Waals surface area contributed by atoms with Crippen molar-refractivity contribution in [2.24, 2.45) is 0 Å². The van der Waals surface area contributed by atoms with E-state index in [1.54, 1.807) is 26.8 Å². The van der Waals surface area contributed by atoms with Crippen LogP contribution in [0.3, 0.4) is 0 Å². The van der Waals surface area contributed by atoms with Gasteiger partial charge in [0, 0.05) is 31.3 Å². The van der Waals surface area contributed by atoms with Crippen LogP contribution in [0.15, 0.2) is 36.4 Å². The van der Waals surface area contributed by atoms with E-state index in [0.29, 0.717) is 23.4 Å². The number of fused-ring (bicyclic) bond motifs is 3. The number of carbonyl (C=O) groups excluding carboxylic acids is 1. The van der Waals surface area contributed by atoms with E-state index in [4.69, 9.17) is 16.3 Å². The summed E-state index contributed by atoms with van der Waals surface area (Å²) >= 11 is 6.35. The molecule has 33 heavy (non-hydrogen) atoms. The molecule has 178 valence electrons. The molecule has 3 rings (SSSR count). The summed E-state index contributed by atoms with van der Waals surface area (Å²) in [6.45, 7) is 5.91. The Kier molecular flexibility index (Phi) is 7.51. The first kappa shape index (κ1) is 24.8. The maximum absolute atomic E-state index is 12.7. The molecule has 3 aromatic rings. The Morgan fingerprint density at radius 1 is 1.18 bits per heavy atom. The van der Waals surface area contributed by atoms with Crippen LogP contribution in [-0.4, -0.2) is 39.0 Å². The van der Waals surface area contributed by atoms with Gasteiger partial charge in [0.2, 0.25) is 0 Å². The quantitative estimate of drug-likeness (QED) is 0.321. The summed E-state index contributed by atoms with van der Waals surface area (Å²) in [6, 6.07) is 7.40. The van der Waals surface area contributed by atoms with Crippen molar-refractivity contribution in [3.05, 3.63) is 47.4 Å². The Morgan fingerprint density at radius 3 is 2.61 bits per heavy atom. The van der Waals surface area contributed by atoms with Gasteiger partial charge in [0.25, 0.3) is 0 Å². The summed E-state index contributed by atoms with van der Waals surface area (Å²) in [6.07, 6.45) is -2.02. The number of ether oxygens (including phenoxy) is 1. The summed E-state index contributed by atoms with van der Waals surface area (Å²) in [5.41, 5.74) is 1.26. The lowest BCUT2D eigenvalue weighted by Crippen LogP contribution is -2.32. The first-order valence-corrected chi connectivity index (χ1v) is 10.9. The fourth-order valence-corrected chi connectivity index (χ4v) is 3.62. The van der Waals surface area contributed by atoms with Crippen LogP contribution in [0.4, 0.5) is 18.0 Å². The van der Waals surface area contributed by atoms with Crippen molar-refractivity contribution in [3.63, 3.8) is 0 Å². The number of pyridine rings is 1. The average Bonchev–Trinajstić information content (AvgIpc) is 3.05. The number of hydrogen-bond donors (Lipinski definition) is 1. The van der Waals surface area contributed by atoms with Crippen LogP contribution in [0, 0.1) is 0 Å². The van der Waals surface area contributed by atoms with Crippen LogP contribution in [0.2, 0.25) is 5.15 Å². The van der Waals surface area contributed by atoms with E-state index >= 15 is 0 Å². The average molecular weight is 483 g/mol. The molecule has 0 saturated heterocycles. The highest BCUT2D eigenvalue weighted by Crippen LogP contribution is 2.31. The first-order valence-electron chi connectivity index (χ1n) is 10.6. The standard InChI is InChI=1S/C23H26ClF3N4O2/c1-22(2,3)33-21(32)28-13-6-7-14-31-17(11-8-12-23(25,26)27)30-18-19(31)15-9-4-5-10-16(15)29-20(18)24/h4-7,9-10H,8,11-14H2,1-3H3,(H,28,32)/b7-6+. The van der Waals surface area contributed by atoms with E-state index in [2.05, 4.69) is 15.3 Å². The number of nitrogens with zero attached hydrogens (tertiary/aromatic N) is 3. The van der Waals surface area contributed by atoms with Crippen LogP contribution in [0.1, 0.15) is 39.4 Å². The monoisotopic (exact) mass is 482 g/mol. The van der Waals surface area contributed by atoms with Gasteiger partial charge in [-0.25, -0.2) is 14.8 Å². The number of allylic oxidation sites excluding steroid dienone is 1. The maximum atomic E-state index is 12.7. The van der Waals surface area contributed by atoms with E-state index in [1.807, 2.05) is 34.9 Å². The number of nitrogens with one attached hydrogen (secondary N) is 1. The predicted molar refractivity (Wildman–Crippen MR) is 122 cm³/mol. The molecule has 0 radical (unpaired) electrons. The van der Waals surface area contributed by atoms with Gasteiger partial charge in [-0.15, -0.1) is 0 Å². The third kappa shape index (κ3) is 6.83. The number of para-hydroxylation sites is 1. The van der Waals surface area contributed by atoms with Gasteiger partial charge in [0.05, 0.1) is 11.0 Å². The lowest BCUT2D eigenvalue weighted by Gasteiger charge is -2.19. The molecule has 1 aromatic carbocycles. The largest absolute Gasteiger partial charge is 0.444 e. The molecule has 0 spiro atoms. The number of rotatable bonds is 7. The Balaban J connectivity index is 1.85. The molecule has 2 aromatic heterocycles.